The van der Waals surface area contributed by atoms with Crippen molar-refractivity contribution in [1.29, 1.82) is 0 Å². The summed E-state index contributed by atoms with van der Waals surface area (Å²) in [6.45, 7) is 13.4. The van der Waals surface area contributed by atoms with Crippen molar-refractivity contribution in [2.45, 2.75) is 38.9 Å². The lowest BCUT2D eigenvalue weighted by Crippen LogP contribution is -2.43. The third-order valence-electron chi connectivity index (χ3n) is 4.71. The Labute approximate surface area is 148 Å². The summed E-state index contributed by atoms with van der Waals surface area (Å²) in [4.78, 5) is 14.5. The van der Waals surface area contributed by atoms with Crippen molar-refractivity contribution >= 4 is 30.2 Å². The van der Waals surface area contributed by atoms with E-state index in [2.05, 4.69) is 49.8 Å². The van der Waals surface area contributed by atoms with Crippen LogP contribution in [0, 0.1) is 0 Å². The van der Waals surface area contributed by atoms with Crippen molar-refractivity contribution in [3.05, 3.63) is 28.2 Å². The third-order valence-corrected chi connectivity index (χ3v) is 9.74. The predicted octanol–water partition coefficient (Wildman–Crippen LogP) is 4.31. The summed E-state index contributed by atoms with van der Waals surface area (Å²) in [6, 6.07) is 5.56. The molecule has 0 aliphatic carbocycles. The molecule has 0 bridgehead atoms. The van der Waals surface area contributed by atoms with E-state index in [1.54, 1.807) is 0 Å². The number of carbonyl (C=O) groups is 1. The monoisotopic (exact) mass is 399 g/mol. The zero-order valence-corrected chi connectivity index (χ0v) is 17.2. The van der Waals surface area contributed by atoms with Crippen LogP contribution in [-0.2, 0) is 4.43 Å². The molecule has 23 heavy (non-hydrogen) atoms. The molecule has 0 spiro atoms. The molecule has 0 radical (unpaired) electrons. The molecular weight excluding hydrogens is 374 g/mol. The van der Waals surface area contributed by atoms with Crippen LogP contribution in [0.25, 0.3) is 0 Å². The minimum Gasteiger partial charge on any atom is -0.491 e. The fraction of sp³-hybridized carbons (Fsp3) is 0.588. The fourth-order valence-electron chi connectivity index (χ4n) is 2.17. The molecule has 1 amide bonds. The molecule has 0 aromatic heterocycles. The lowest BCUT2D eigenvalue weighted by Gasteiger charge is -2.36. The number of benzene rings is 1. The topological polar surface area (TPSA) is 38.8 Å². The van der Waals surface area contributed by atoms with E-state index in [1.165, 1.54) is 0 Å². The number of halogens is 1. The predicted molar refractivity (Wildman–Crippen MR) is 98.7 cm³/mol. The molecule has 0 fully saturated rings. The Morgan fingerprint density at radius 3 is 2.70 bits per heavy atom. The number of ether oxygens (including phenoxy) is 1. The van der Waals surface area contributed by atoms with E-state index in [-0.39, 0.29) is 10.9 Å². The van der Waals surface area contributed by atoms with Crippen LogP contribution in [0.15, 0.2) is 22.7 Å². The van der Waals surface area contributed by atoms with Crippen LogP contribution in [0.2, 0.25) is 18.1 Å². The maximum Gasteiger partial charge on any atom is 0.257 e. The second-order valence-corrected chi connectivity index (χ2v) is 13.1. The molecular formula is C17H26BrNO3Si. The van der Waals surface area contributed by atoms with Crippen LogP contribution in [-0.4, -0.2) is 45.4 Å². The number of hydrogen-bond donors (Lipinski definition) is 0. The zero-order chi connectivity index (χ0) is 17.3. The number of carbonyl (C=O) groups excluding carboxylic acids is 1. The van der Waals surface area contributed by atoms with Gasteiger partial charge >= 0.3 is 0 Å². The summed E-state index contributed by atoms with van der Waals surface area (Å²) >= 11 is 3.42. The first-order valence-corrected chi connectivity index (χ1v) is 11.7. The van der Waals surface area contributed by atoms with Gasteiger partial charge in [-0.05, 0) is 36.3 Å². The number of amides is 1. The average Bonchev–Trinajstić information content (AvgIpc) is 2.58. The Morgan fingerprint density at radius 2 is 2.04 bits per heavy atom. The smallest absolute Gasteiger partial charge is 0.257 e. The molecule has 1 heterocycles. The molecule has 0 atom stereocenters. The highest BCUT2D eigenvalue weighted by Crippen LogP contribution is 2.36. The van der Waals surface area contributed by atoms with E-state index in [9.17, 15) is 4.79 Å². The third kappa shape index (κ3) is 4.36. The van der Waals surface area contributed by atoms with Gasteiger partial charge in [0.05, 0.1) is 18.7 Å². The molecule has 0 saturated heterocycles. The molecule has 1 aliphatic heterocycles. The second-order valence-electron chi connectivity index (χ2n) is 7.39. The van der Waals surface area contributed by atoms with E-state index in [0.29, 0.717) is 37.6 Å². The minimum absolute atomic E-state index is 0.0117. The van der Waals surface area contributed by atoms with Crippen LogP contribution in [0.4, 0.5) is 0 Å². The normalized spacial score (nSPS) is 15.9. The molecule has 6 heteroatoms. The highest BCUT2D eigenvalue weighted by Gasteiger charge is 2.37. The molecule has 1 aromatic carbocycles. The van der Waals surface area contributed by atoms with Gasteiger partial charge in [-0.3, -0.25) is 4.79 Å². The van der Waals surface area contributed by atoms with Crippen LogP contribution in [0.5, 0.6) is 5.75 Å². The quantitative estimate of drug-likeness (QED) is 0.708. The van der Waals surface area contributed by atoms with Crippen molar-refractivity contribution in [3.63, 3.8) is 0 Å². The van der Waals surface area contributed by atoms with Gasteiger partial charge in [0.2, 0.25) is 0 Å². The molecule has 0 saturated carbocycles. The van der Waals surface area contributed by atoms with E-state index < -0.39 is 8.32 Å². The van der Waals surface area contributed by atoms with Gasteiger partial charge in [-0.1, -0.05) is 36.7 Å². The first-order valence-electron chi connectivity index (χ1n) is 7.97. The van der Waals surface area contributed by atoms with E-state index in [4.69, 9.17) is 9.16 Å². The lowest BCUT2D eigenvalue weighted by molar-refractivity contribution is 0.0724. The van der Waals surface area contributed by atoms with Crippen molar-refractivity contribution in [2.24, 2.45) is 0 Å². The molecule has 4 nitrogen and oxygen atoms in total. The molecule has 0 N–H and O–H groups in total. The SMILES string of the molecule is CC(C)(C)[Si](C)(C)OCCN1CCOc2ccc(Br)cc2C1=O. The first kappa shape index (κ1) is 18.5. The lowest BCUT2D eigenvalue weighted by atomic mass is 10.2. The van der Waals surface area contributed by atoms with E-state index in [0.717, 1.165) is 4.47 Å². The second kappa shape index (κ2) is 6.95. The van der Waals surface area contributed by atoms with Gasteiger partial charge < -0.3 is 14.1 Å². The van der Waals surface area contributed by atoms with Gasteiger partial charge in [-0.2, -0.15) is 0 Å². The van der Waals surface area contributed by atoms with Gasteiger partial charge in [0.1, 0.15) is 12.4 Å². The van der Waals surface area contributed by atoms with Crippen LogP contribution in [0.1, 0.15) is 31.1 Å². The van der Waals surface area contributed by atoms with Gasteiger partial charge in [0.15, 0.2) is 8.32 Å². The highest BCUT2D eigenvalue weighted by atomic mass is 79.9. The van der Waals surface area contributed by atoms with Crippen molar-refractivity contribution < 1.29 is 14.0 Å². The van der Waals surface area contributed by atoms with Crippen LogP contribution >= 0.6 is 15.9 Å². The van der Waals surface area contributed by atoms with E-state index in [1.807, 2.05) is 23.1 Å². The van der Waals surface area contributed by atoms with Crippen LogP contribution < -0.4 is 4.74 Å². The Hall–Kier alpha value is -0.853. The number of fused-ring (bicyclic) bond motifs is 1. The van der Waals surface area contributed by atoms with Gasteiger partial charge in [-0.25, -0.2) is 0 Å². The standard InChI is InChI=1S/C17H26BrNO3Si/c1-17(2,3)23(4,5)22-11-9-19-8-10-21-15-7-6-13(18)12-14(15)16(19)20/h6-7,12H,8-11H2,1-5H3. The number of nitrogens with zero attached hydrogens (tertiary/aromatic N) is 1. The molecule has 1 aliphatic rings. The number of hydrogen-bond acceptors (Lipinski definition) is 3. The Kier molecular flexibility index (Phi) is 5.58. The first-order chi connectivity index (χ1) is 10.6. The fourth-order valence-corrected chi connectivity index (χ4v) is 3.57. The summed E-state index contributed by atoms with van der Waals surface area (Å²) in [5.74, 6) is 0.670. The minimum atomic E-state index is -1.78. The summed E-state index contributed by atoms with van der Waals surface area (Å²) in [7, 11) is -1.78. The summed E-state index contributed by atoms with van der Waals surface area (Å²) in [5.41, 5.74) is 0.615. The molecule has 1 aromatic rings. The summed E-state index contributed by atoms with van der Waals surface area (Å²) in [6.07, 6.45) is 0. The Morgan fingerprint density at radius 1 is 1.35 bits per heavy atom. The molecule has 2 rings (SSSR count). The molecule has 0 unspecified atom stereocenters. The van der Waals surface area contributed by atoms with Crippen molar-refractivity contribution in [3.8, 4) is 5.75 Å². The Bertz CT molecular complexity index is 584. The van der Waals surface area contributed by atoms with Gasteiger partial charge in [0.25, 0.3) is 5.91 Å². The van der Waals surface area contributed by atoms with Crippen molar-refractivity contribution in [2.75, 3.05) is 26.3 Å². The maximum absolute atomic E-state index is 12.7. The largest absolute Gasteiger partial charge is 0.491 e. The van der Waals surface area contributed by atoms with Gasteiger partial charge in [-0.15, -0.1) is 0 Å². The Balaban J connectivity index is 2.03. The van der Waals surface area contributed by atoms with Crippen molar-refractivity contribution in [1.82, 2.24) is 4.90 Å². The summed E-state index contributed by atoms with van der Waals surface area (Å²) < 4.78 is 12.8. The molecule has 128 valence electrons. The van der Waals surface area contributed by atoms with Crippen LogP contribution in [0.3, 0.4) is 0 Å². The zero-order valence-electron chi connectivity index (χ0n) is 14.6. The number of rotatable bonds is 4. The summed E-state index contributed by atoms with van der Waals surface area (Å²) in [5, 5.41) is 0.177. The van der Waals surface area contributed by atoms with Gasteiger partial charge in [0, 0.05) is 11.0 Å². The van der Waals surface area contributed by atoms with E-state index >= 15 is 0 Å². The average molecular weight is 400 g/mol. The highest BCUT2D eigenvalue weighted by molar-refractivity contribution is 9.10. The maximum atomic E-state index is 12.7.